The van der Waals surface area contributed by atoms with Gasteiger partial charge in [0.05, 0.1) is 18.3 Å². The van der Waals surface area contributed by atoms with Crippen LogP contribution in [0.1, 0.15) is 89.7 Å². The molecule has 2 saturated heterocycles. The number of amides is 5. The highest BCUT2D eigenvalue weighted by atomic mass is 35.5. The first-order valence-corrected chi connectivity index (χ1v) is 20.9. The Hall–Kier alpha value is -3.37. The summed E-state index contributed by atoms with van der Waals surface area (Å²) in [6.07, 6.45) is 0.832. The highest BCUT2D eigenvalue weighted by Gasteiger charge is 2.77. The maximum atomic E-state index is 14.5. The van der Waals surface area contributed by atoms with Crippen LogP contribution >= 0.6 is 23.2 Å². The van der Waals surface area contributed by atoms with Crippen molar-refractivity contribution in [3.63, 3.8) is 0 Å². The molecule has 0 spiro atoms. The third-order valence-electron chi connectivity index (χ3n) is 11.5. The molecule has 18 heteroatoms. The lowest BCUT2D eigenvalue weighted by molar-refractivity contribution is -0.141. The van der Waals surface area contributed by atoms with Crippen LogP contribution in [0, 0.1) is 23.6 Å². The molecule has 5 fully saturated rings. The van der Waals surface area contributed by atoms with Crippen LogP contribution in [0.15, 0.2) is 18.2 Å². The molecule has 2 unspecified atom stereocenters. The lowest BCUT2D eigenvalue weighted by atomic mass is 10.0. The smallest absolute Gasteiger partial charge is 0.410 e. The van der Waals surface area contributed by atoms with Gasteiger partial charge in [-0.15, -0.1) is 23.2 Å². The molecule has 54 heavy (non-hydrogen) atoms. The first-order chi connectivity index (χ1) is 25.3. The molecule has 3 heterocycles. The summed E-state index contributed by atoms with van der Waals surface area (Å²) in [6.45, 7) is 4.92. The van der Waals surface area contributed by atoms with Crippen LogP contribution in [0.2, 0.25) is 0 Å². The van der Waals surface area contributed by atoms with Crippen molar-refractivity contribution in [2.45, 2.75) is 131 Å². The highest BCUT2D eigenvalue weighted by Crippen LogP contribution is 2.71. The van der Waals surface area contributed by atoms with Crippen LogP contribution < -0.4 is 15.4 Å². The van der Waals surface area contributed by atoms with Gasteiger partial charge >= 0.3 is 12.2 Å². The first kappa shape index (κ1) is 38.9. The molecule has 296 valence electrons. The number of alkyl halides is 2. The standard InChI is InChI=1S/C36H46Cl2FN5O9S/c1-34(2,3)53-32(48)40-26-11-6-4-5-9-23-28(36(23,37)38)24-15-35(24,31(47)42-54(50,51)21-12-13-21)41-29(45)27-14-20(17-44(27)30(26)46)52-33(49)43-16-19-8-7-10-25(39)22(19)18-43/h7-8,10,20-21,23-24,26-28H,4-6,9,11-18H2,1-3H3,(H,40,48)(H,41,45)(H,42,47)/t20-,23?,24-,26+,27+,28?,35-/m1/s1. The average molecular weight is 815 g/mol. The number of fused-ring (bicyclic) bond motifs is 5. The summed E-state index contributed by atoms with van der Waals surface area (Å²) in [7, 11) is -3.99. The number of alkyl carbamates (subject to hydrolysis) is 1. The fourth-order valence-corrected chi connectivity index (χ4v) is 10.7. The summed E-state index contributed by atoms with van der Waals surface area (Å²) in [5, 5.41) is 4.78. The van der Waals surface area contributed by atoms with Crippen molar-refractivity contribution in [2.24, 2.45) is 17.8 Å². The Morgan fingerprint density at radius 1 is 1.02 bits per heavy atom. The quantitative estimate of drug-likeness (QED) is 0.371. The Bertz CT molecular complexity index is 1860. The number of nitrogens with zero attached hydrogens (tertiary/aromatic N) is 2. The third-order valence-corrected chi connectivity index (χ3v) is 14.3. The average Bonchev–Trinajstić information content (AvgIpc) is 4.02. The molecule has 3 aliphatic carbocycles. The number of benzene rings is 1. The van der Waals surface area contributed by atoms with Gasteiger partial charge < -0.3 is 25.0 Å². The summed E-state index contributed by atoms with van der Waals surface area (Å²) in [6, 6.07) is 2.18. The minimum absolute atomic E-state index is 0.0183. The predicted molar refractivity (Wildman–Crippen MR) is 193 cm³/mol. The van der Waals surface area contributed by atoms with Gasteiger partial charge in [0.25, 0.3) is 5.91 Å². The van der Waals surface area contributed by atoms with Crippen LogP contribution in [0.5, 0.6) is 0 Å². The zero-order chi connectivity index (χ0) is 39.0. The van der Waals surface area contributed by atoms with Crippen molar-refractivity contribution in [3.05, 3.63) is 35.1 Å². The Balaban J connectivity index is 1.16. The highest BCUT2D eigenvalue weighted by molar-refractivity contribution is 7.91. The largest absolute Gasteiger partial charge is 0.444 e. The van der Waals surface area contributed by atoms with Crippen molar-refractivity contribution in [3.8, 4) is 0 Å². The Kier molecular flexibility index (Phi) is 10.1. The SMILES string of the molecule is CC(C)(C)OC(=O)N[C@H]1CCCCCC2C([C@H]3C[C@@]3(C(=O)NS(=O)(=O)C3CC3)NC(=O)[C@@H]3C[C@@H](OC(=O)N4Cc5cccc(F)c5C4)CN3C1=O)C2(Cl)Cl. The van der Waals surface area contributed by atoms with Gasteiger partial charge in [-0.25, -0.2) is 22.4 Å². The molecule has 6 aliphatic rings. The molecule has 14 nitrogen and oxygen atoms in total. The van der Waals surface area contributed by atoms with Gasteiger partial charge in [0.1, 0.15) is 39.5 Å². The molecular formula is C36H46Cl2FN5O9S. The summed E-state index contributed by atoms with van der Waals surface area (Å²) in [5.41, 5.74) is -1.52. The van der Waals surface area contributed by atoms with Gasteiger partial charge in [-0.2, -0.15) is 0 Å². The maximum Gasteiger partial charge on any atom is 0.410 e. The van der Waals surface area contributed by atoms with E-state index in [2.05, 4.69) is 15.4 Å². The summed E-state index contributed by atoms with van der Waals surface area (Å²) in [5.74, 6) is -3.90. The normalized spacial score (nSPS) is 32.0. The minimum Gasteiger partial charge on any atom is -0.444 e. The van der Waals surface area contributed by atoms with Gasteiger partial charge in [0.15, 0.2) is 0 Å². The number of nitrogens with one attached hydrogen (secondary N) is 3. The van der Waals surface area contributed by atoms with Crippen molar-refractivity contribution in [2.75, 3.05) is 6.54 Å². The summed E-state index contributed by atoms with van der Waals surface area (Å²) < 4.78 is 52.6. The van der Waals surface area contributed by atoms with E-state index in [0.29, 0.717) is 49.7 Å². The lowest BCUT2D eigenvalue weighted by Crippen LogP contribution is -2.58. The maximum absolute atomic E-state index is 14.5. The van der Waals surface area contributed by atoms with Crippen LogP contribution in [0.3, 0.4) is 0 Å². The van der Waals surface area contributed by atoms with Gasteiger partial charge in [0, 0.05) is 24.4 Å². The molecule has 7 rings (SSSR count). The topological polar surface area (TPSA) is 181 Å². The van der Waals surface area contributed by atoms with E-state index < -0.39 is 96.5 Å². The zero-order valence-corrected chi connectivity index (χ0v) is 32.7. The molecule has 3 aliphatic heterocycles. The van der Waals surface area contributed by atoms with Gasteiger partial charge in [0.2, 0.25) is 21.8 Å². The molecule has 1 aromatic carbocycles. The van der Waals surface area contributed by atoms with Gasteiger partial charge in [-0.1, -0.05) is 31.4 Å². The van der Waals surface area contributed by atoms with E-state index in [9.17, 15) is 36.8 Å². The van der Waals surface area contributed by atoms with Gasteiger partial charge in [-0.3, -0.25) is 24.0 Å². The van der Waals surface area contributed by atoms with Crippen LogP contribution in [-0.2, 0) is 47.0 Å². The molecule has 5 amide bonds. The molecule has 1 aromatic rings. The van der Waals surface area contributed by atoms with Crippen molar-refractivity contribution in [1.29, 1.82) is 0 Å². The molecule has 3 saturated carbocycles. The van der Waals surface area contributed by atoms with Crippen molar-refractivity contribution in [1.82, 2.24) is 25.2 Å². The predicted octanol–water partition coefficient (Wildman–Crippen LogP) is 4.01. The number of hydrogen-bond donors (Lipinski definition) is 3. The van der Waals surface area contributed by atoms with Crippen molar-refractivity contribution >= 4 is 63.1 Å². The second kappa shape index (κ2) is 14.0. The lowest BCUT2D eigenvalue weighted by Gasteiger charge is -2.30. The van der Waals surface area contributed by atoms with Gasteiger partial charge in [-0.05, 0) is 76.3 Å². The number of halogens is 3. The van der Waals surface area contributed by atoms with E-state index in [1.165, 1.54) is 15.9 Å². The number of sulfonamides is 1. The monoisotopic (exact) mass is 813 g/mol. The molecule has 7 atom stereocenters. The fraction of sp³-hybridized carbons (Fsp3) is 0.694. The van der Waals surface area contributed by atoms with E-state index in [1.807, 2.05) is 0 Å². The fourth-order valence-electron chi connectivity index (χ4n) is 8.40. The number of carbonyl (C=O) groups excluding carboxylic acids is 5. The zero-order valence-electron chi connectivity index (χ0n) is 30.4. The number of carbonyl (C=O) groups is 5. The minimum atomic E-state index is -3.99. The van der Waals surface area contributed by atoms with Crippen LogP contribution in [0.25, 0.3) is 0 Å². The molecular weight excluding hydrogens is 768 g/mol. The van der Waals surface area contributed by atoms with Crippen LogP contribution in [-0.4, -0.2) is 93.6 Å². The first-order valence-electron chi connectivity index (χ1n) is 18.6. The summed E-state index contributed by atoms with van der Waals surface area (Å²) >= 11 is 13.5. The van der Waals surface area contributed by atoms with E-state index in [0.717, 1.165) is 0 Å². The second-order valence-corrected chi connectivity index (χ2v) is 20.0. The third kappa shape index (κ3) is 7.71. The van der Waals surface area contributed by atoms with E-state index in [1.54, 1.807) is 32.9 Å². The van der Waals surface area contributed by atoms with E-state index in [4.69, 9.17) is 32.7 Å². The molecule has 0 bridgehead atoms. The molecule has 0 aromatic heterocycles. The van der Waals surface area contributed by atoms with Crippen LogP contribution in [0.4, 0.5) is 14.0 Å². The molecule has 3 N–H and O–H groups in total. The number of rotatable bonds is 5. The Labute approximate surface area is 323 Å². The molecule has 0 radical (unpaired) electrons. The Morgan fingerprint density at radius 3 is 2.43 bits per heavy atom. The number of hydrogen-bond acceptors (Lipinski definition) is 9. The van der Waals surface area contributed by atoms with E-state index >= 15 is 0 Å². The van der Waals surface area contributed by atoms with E-state index in [-0.39, 0.29) is 44.8 Å². The van der Waals surface area contributed by atoms with Crippen molar-refractivity contribution < 1.29 is 46.3 Å². The Morgan fingerprint density at radius 2 is 1.74 bits per heavy atom. The number of ether oxygens (including phenoxy) is 2. The summed E-state index contributed by atoms with van der Waals surface area (Å²) in [4.78, 5) is 71.6. The second-order valence-electron chi connectivity index (χ2n) is 16.6.